The molecular formula is C26H19F3N2O4. The molecule has 0 aliphatic rings. The van der Waals surface area contributed by atoms with Crippen LogP contribution < -0.4 is 10.1 Å². The monoisotopic (exact) mass is 480 g/mol. The molecule has 0 aliphatic carbocycles. The van der Waals surface area contributed by atoms with Crippen molar-refractivity contribution in [3.63, 3.8) is 0 Å². The number of halogens is 3. The van der Waals surface area contributed by atoms with E-state index in [1.165, 1.54) is 24.3 Å². The van der Waals surface area contributed by atoms with Crippen LogP contribution in [0.3, 0.4) is 0 Å². The lowest BCUT2D eigenvalue weighted by atomic mass is 10.1. The zero-order valence-corrected chi connectivity index (χ0v) is 18.4. The van der Waals surface area contributed by atoms with Crippen molar-refractivity contribution in [2.24, 2.45) is 0 Å². The second kappa shape index (κ2) is 9.84. The summed E-state index contributed by atoms with van der Waals surface area (Å²) in [6, 6.07) is 17.2. The van der Waals surface area contributed by atoms with Crippen LogP contribution in [0.1, 0.15) is 33.2 Å². The summed E-state index contributed by atoms with van der Waals surface area (Å²) in [5, 5.41) is 3.38. The van der Waals surface area contributed by atoms with Gasteiger partial charge in [0.2, 0.25) is 0 Å². The summed E-state index contributed by atoms with van der Waals surface area (Å²) in [7, 11) is 0. The van der Waals surface area contributed by atoms with Gasteiger partial charge in [-0.1, -0.05) is 24.3 Å². The molecule has 1 N–H and O–H groups in total. The van der Waals surface area contributed by atoms with Crippen LogP contribution in [-0.2, 0) is 10.9 Å². The molecule has 0 saturated carbocycles. The van der Waals surface area contributed by atoms with Crippen LogP contribution in [0.4, 0.5) is 18.9 Å². The quantitative estimate of drug-likeness (QED) is 0.320. The third-order valence-corrected chi connectivity index (χ3v) is 5.01. The summed E-state index contributed by atoms with van der Waals surface area (Å²) in [5.41, 5.74) is -0.328. The summed E-state index contributed by atoms with van der Waals surface area (Å²) in [4.78, 5) is 29.4. The number of nitrogens with one attached hydrogen (secondary N) is 1. The molecule has 0 unspecified atom stereocenters. The number of alkyl halides is 3. The number of carbonyl (C=O) groups excluding carboxylic acids is 2. The number of esters is 1. The second-order valence-corrected chi connectivity index (χ2v) is 7.39. The SMILES string of the molecule is CCOC(=O)c1cccc(Oc2ccc(C(F)(F)F)cc2C(=O)Nc2cccc3cccnc23)c1. The van der Waals surface area contributed by atoms with Crippen LogP contribution >= 0.6 is 0 Å². The number of aromatic nitrogens is 1. The predicted octanol–water partition coefficient (Wildman–Crippen LogP) is 6.47. The number of anilines is 1. The highest BCUT2D eigenvalue weighted by Crippen LogP contribution is 2.35. The Morgan fingerprint density at radius 2 is 1.74 bits per heavy atom. The van der Waals surface area contributed by atoms with Gasteiger partial charge in [-0.05, 0) is 55.5 Å². The molecule has 0 fully saturated rings. The standard InChI is InChI=1S/C26H19F3N2O4/c1-2-34-25(33)17-7-3-9-19(14-17)35-22-12-11-18(26(27,28)29)15-20(22)24(32)31-21-10-4-6-16-8-5-13-30-23(16)21/h3-15H,2H2,1H3,(H,31,32). The van der Waals surface area contributed by atoms with Crippen molar-refractivity contribution in [1.29, 1.82) is 0 Å². The zero-order chi connectivity index (χ0) is 25.0. The van der Waals surface area contributed by atoms with E-state index in [1.54, 1.807) is 43.5 Å². The Hall–Kier alpha value is -4.40. The van der Waals surface area contributed by atoms with E-state index in [0.29, 0.717) is 11.2 Å². The molecule has 0 saturated heterocycles. The first-order valence-electron chi connectivity index (χ1n) is 10.6. The fourth-order valence-corrected chi connectivity index (χ4v) is 3.40. The Morgan fingerprint density at radius 3 is 2.51 bits per heavy atom. The summed E-state index contributed by atoms with van der Waals surface area (Å²) in [6.07, 6.45) is -3.12. The summed E-state index contributed by atoms with van der Waals surface area (Å²) < 4.78 is 50.9. The highest BCUT2D eigenvalue weighted by Gasteiger charge is 2.32. The number of nitrogens with zero attached hydrogens (tertiary/aromatic N) is 1. The van der Waals surface area contributed by atoms with Gasteiger partial charge in [0.15, 0.2) is 0 Å². The van der Waals surface area contributed by atoms with Crippen molar-refractivity contribution in [3.05, 3.63) is 95.7 Å². The molecule has 0 bridgehead atoms. The molecule has 1 heterocycles. The van der Waals surface area contributed by atoms with Gasteiger partial charge in [-0.2, -0.15) is 13.2 Å². The fraction of sp³-hybridized carbons (Fsp3) is 0.115. The highest BCUT2D eigenvalue weighted by molar-refractivity contribution is 6.09. The van der Waals surface area contributed by atoms with Gasteiger partial charge in [-0.15, -0.1) is 0 Å². The van der Waals surface area contributed by atoms with Crippen LogP contribution in [0.2, 0.25) is 0 Å². The lowest BCUT2D eigenvalue weighted by Gasteiger charge is -2.15. The second-order valence-electron chi connectivity index (χ2n) is 7.39. The lowest BCUT2D eigenvalue weighted by Crippen LogP contribution is -2.15. The van der Waals surface area contributed by atoms with Gasteiger partial charge in [-0.3, -0.25) is 9.78 Å². The maximum Gasteiger partial charge on any atom is 0.416 e. The summed E-state index contributed by atoms with van der Waals surface area (Å²) >= 11 is 0. The lowest BCUT2D eigenvalue weighted by molar-refractivity contribution is -0.137. The van der Waals surface area contributed by atoms with Gasteiger partial charge in [0, 0.05) is 11.6 Å². The number of hydrogen-bond donors (Lipinski definition) is 1. The smallest absolute Gasteiger partial charge is 0.416 e. The Kier molecular flexibility index (Phi) is 6.68. The molecule has 3 aromatic carbocycles. The Balaban J connectivity index is 1.71. The fourth-order valence-electron chi connectivity index (χ4n) is 3.40. The van der Waals surface area contributed by atoms with Gasteiger partial charge in [0.1, 0.15) is 11.5 Å². The number of amides is 1. The molecule has 9 heteroatoms. The van der Waals surface area contributed by atoms with E-state index in [1.807, 2.05) is 0 Å². The number of benzene rings is 3. The first-order valence-corrected chi connectivity index (χ1v) is 10.6. The molecule has 0 atom stereocenters. The van der Waals surface area contributed by atoms with Crippen molar-refractivity contribution in [3.8, 4) is 11.5 Å². The average Bonchev–Trinajstić information content (AvgIpc) is 2.84. The van der Waals surface area contributed by atoms with Crippen molar-refractivity contribution < 1.29 is 32.2 Å². The Bertz CT molecular complexity index is 1400. The minimum atomic E-state index is -4.67. The number of hydrogen-bond acceptors (Lipinski definition) is 5. The summed E-state index contributed by atoms with van der Waals surface area (Å²) in [5.74, 6) is -1.36. The Morgan fingerprint density at radius 1 is 0.971 bits per heavy atom. The van der Waals surface area contributed by atoms with Crippen LogP contribution in [0, 0.1) is 0 Å². The molecule has 4 rings (SSSR count). The number of ether oxygens (including phenoxy) is 2. The maximum atomic E-state index is 13.4. The van der Waals surface area contributed by atoms with E-state index in [-0.39, 0.29) is 29.2 Å². The number of fused-ring (bicyclic) bond motifs is 1. The molecule has 0 spiro atoms. The van der Waals surface area contributed by atoms with Gasteiger partial charge in [0.05, 0.1) is 34.5 Å². The molecule has 4 aromatic rings. The van der Waals surface area contributed by atoms with Gasteiger partial charge >= 0.3 is 12.1 Å². The van der Waals surface area contributed by atoms with Crippen LogP contribution in [0.5, 0.6) is 11.5 Å². The van der Waals surface area contributed by atoms with E-state index in [2.05, 4.69) is 10.3 Å². The number of pyridine rings is 1. The minimum Gasteiger partial charge on any atom is -0.462 e. The van der Waals surface area contributed by atoms with Crippen molar-refractivity contribution >= 4 is 28.5 Å². The van der Waals surface area contributed by atoms with Crippen molar-refractivity contribution in [1.82, 2.24) is 4.98 Å². The first kappa shape index (κ1) is 23.7. The predicted molar refractivity (Wildman–Crippen MR) is 124 cm³/mol. The minimum absolute atomic E-state index is 0.121. The van der Waals surface area contributed by atoms with Gasteiger partial charge in [-0.25, -0.2) is 4.79 Å². The first-order chi connectivity index (χ1) is 16.8. The third kappa shape index (κ3) is 5.40. The molecule has 178 valence electrons. The van der Waals surface area contributed by atoms with E-state index >= 15 is 0 Å². The normalized spacial score (nSPS) is 11.2. The van der Waals surface area contributed by atoms with E-state index in [9.17, 15) is 22.8 Å². The van der Waals surface area contributed by atoms with E-state index < -0.39 is 23.6 Å². The molecule has 0 aliphatic heterocycles. The highest BCUT2D eigenvalue weighted by atomic mass is 19.4. The number of carbonyl (C=O) groups is 2. The molecular weight excluding hydrogens is 461 g/mol. The largest absolute Gasteiger partial charge is 0.462 e. The van der Waals surface area contributed by atoms with Gasteiger partial charge < -0.3 is 14.8 Å². The number of rotatable bonds is 6. The average molecular weight is 480 g/mol. The summed E-state index contributed by atoms with van der Waals surface area (Å²) in [6.45, 7) is 1.84. The molecule has 0 radical (unpaired) electrons. The van der Waals surface area contributed by atoms with Crippen molar-refractivity contribution in [2.75, 3.05) is 11.9 Å². The molecule has 1 amide bonds. The zero-order valence-electron chi connectivity index (χ0n) is 18.4. The van der Waals surface area contributed by atoms with E-state index in [4.69, 9.17) is 9.47 Å². The topological polar surface area (TPSA) is 77.5 Å². The molecule has 6 nitrogen and oxygen atoms in total. The maximum absolute atomic E-state index is 13.4. The molecule has 1 aromatic heterocycles. The van der Waals surface area contributed by atoms with Crippen LogP contribution in [0.15, 0.2) is 79.0 Å². The number of para-hydroxylation sites is 1. The van der Waals surface area contributed by atoms with Crippen molar-refractivity contribution in [2.45, 2.75) is 13.1 Å². The Labute approximate surface area is 198 Å². The van der Waals surface area contributed by atoms with E-state index in [0.717, 1.165) is 23.6 Å². The van der Waals surface area contributed by atoms with Crippen LogP contribution in [0.25, 0.3) is 10.9 Å². The van der Waals surface area contributed by atoms with Crippen LogP contribution in [-0.4, -0.2) is 23.5 Å². The third-order valence-electron chi connectivity index (χ3n) is 5.01. The molecule has 35 heavy (non-hydrogen) atoms. The van der Waals surface area contributed by atoms with Gasteiger partial charge in [0.25, 0.3) is 5.91 Å².